The number of furan rings is 1. The van der Waals surface area contributed by atoms with E-state index in [0.717, 1.165) is 6.42 Å². The molecule has 1 saturated heterocycles. The van der Waals surface area contributed by atoms with Gasteiger partial charge in [0.25, 0.3) is 5.91 Å². The van der Waals surface area contributed by atoms with E-state index in [1.54, 1.807) is 12.1 Å². The monoisotopic (exact) mass is 285 g/mol. The van der Waals surface area contributed by atoms with Gasteiger partial charge in [0.05, 0.1) is 18.5 Å². The van der Waals surface area contributed by atoms with Gasteiger partial charge in [0.15, 0.2) is 5.76 Å². The first-order chi connectivity index (χ1) is 10.2. The van der Waals surface area contributed by atoms with Crippen LogP contribution >= 0.6 is 0 Å². The van der Waals surface area contributed by atoms with Crippen LogP contribution in [-0.4, -0.2) is 36.1 Å². The molecule has 4 nitrogen and oxygen atoms in total. The first-order valence-electron chi connectivity index (χ1n) is 7.24. The summed E-state index contributed by atoms with van der Waals surface area (Å²) in [6.45, 7) is 3.20. The maximum absolute atomic E-state index is 12.4. The Bertz CT molecular complexity index is 579. The van der Waals surface area contributed by atoms with Crippen LogP contribution in [0, 0.1) is 0 Å². The number of carbonyl (C=O) groups excluding carboxylic acids is 1. The van der Waals surface area contributed by atoms with E-state index < -0.39 is 0 Å². The molecule has 21 heavy (non-hydrogen) atoms. The van der Waals surface area contributed by atoms with Gasteiger partial charge in [0.1, 0.15) is 0 Å². The molecule has 2 unspecified atom stereocenters. The zero-order chi connectivity index (χ0) is 14.7. The molecular weight excluding hydrogens is 266 g/mol. The second kappa shape index (κ2) is 6.14. The number of hydrogen-bond acceptors (Lipinski definition) is 3. The third-order valence-electron chi connectivity index (χ3n) is 3.65. The molecule has 1 aromatic carbocycles. The molecule has 1 amide bonds. The first kappa shape index (κ1) is 13.9. The molecular formula is C17H19NO3. The van der Waals surface area contributed by atoms with Crippen molar-refractivity contribution in [2.45, 2.75) is 25.6 Å². The normalized spacial score (nSPS) is 22.2. The van der Waals surface area contributed by atoms with Crippen molar-refractivity contribution in [3.8, 4) is 0 Å². The number of ether oxygens (including phenoxy) is 1. The lowest BCUT2D eigenvalue weighted by Gasteiger charge is -2.36. The highest BCUT2D eigenvalue weighted by atomic mass is 16.5. The van der Waals surface area contributed by atoms with Gasteiger partial charge in [0.2, 0.25) is 0 Å². The minimum atomic E-state index is -0.0618. The average molecular weight is 285 g/mol. The van der Waals surface area contributed by atoms with Crippen LogP contribution in [0.4, 0.5) is 0 Å². The van der Waals surface area contributed by atoms with Gasteiger partial charge in [-0.1, -0.05) is 30.3 Å². The molecule has 1 aliphatic heterocycles. The molecule has 1 aromatic heterocycles. The fourth-order valence-electron chi connectivity index (χ4n) is 2.76. The van der Waals surface area contributed by atoms with E-state index in [1.165, 1.54) is 11.8 Å². The van der Waals surface area contributed by atoms with Crippen molar-refractivity contribution >= 4 is 5.91 Å². The number of carbonyl (C=O) groups is 1. The SMILES string of the molecule is CC1CN(C(=O)c2ccco2)CC(Cc2ccccc2)O1. The molecule has 2 aromatic rings. The quantitative estimate of drug-likeness (QED) is 0.871. The summed E-state index contributed by atoms with van der Waals surface area (Å²) in [6, 6.07) is 13.6. The van der Waals surface area contributed by atoms with Crippen LogP contribution in [0.15, 0.2) is 53.1 Å². The van der Waals surface area contributed by atoms with Gasteiger partial charge >= 0.3 is 0 Å². The Morgan fingerprint density at radius 2 is 2.00 bits per heavy atom. The van der Waals surface area contributed by atoms with Crippen molar-refractivity contribution in [2.24, 2.45) is 0 Å². The average Bonchev–Trinajstić information content (AvgIpc) is 3.01. The van der Waals surface area contributed by atoms with E-state index in [-0.39, 0.29) is 18.1 Å². The molecule has 0 spiro atoms. The minimum absolute atomic E-state index is 0.0232. The van der Waals surface area contributed by atoms with Crippen molar-refractivity contribution < 1.29 is 13.9 Å². The van der Waals surface area contributed by atoms with Gasteiger partial charge in [-0.25, -0.2) is 0 Å². The molecule has 0 radical (unpaired) electrons. The Morgan fingerprint density at radius 1 is 1.19 bits per heavy atom. The van der Waals surface area contributed by atoms with Gasteiger partial charge < -0.3 is 14.1 Å². The van der Waals surface area contributed by atoms with Crippen LogP contribution in [0.2, 0.25) is 0 Å². The summed E-state index contributed by atoms with van der Waals surface area (Å²) in [4.78, 5) is 14.2. The van der Waals surface area contributed by atoms with E-state index in [0.29, 0.717) is 18.8 Å². The molecule has 110 valence electrons. The lowest BCUT2D eigenvalue weighted by molar-refractivity contribution is -0.0670. The van der Waals surface area contributed by atoms with Gasteiger partial charge in [-0.3, -0.25) is 4.79 Å². The lowest BCUT2D eigenvalue weighted by Crippen LogP contribution is -2.49. The molecule has 0 N–H and O–H groups in total. The summed E-state index contributed by atoms with van der Waals surface area (Å²) in [5.41, 5.74) is 1.22. The second-order valence-electron chi connectivity index (χ2n) is 5.45. The van der Waals surface area contributed by atoms with Crippen molar-refractivity contribution in [1.82, 2.24) is 4.90 Å². The van der Waals surface area contributed by atoms with Gasteiger partial charge in [-0.2, -0.15) is 0 Å². The number of hydrogen-bond donors (Lipinski definition) is 0. The number of morpholine rings is 1. The molecule has 0 saturated carbocycles. The second-order valence-corrected chi connectivity index (χ2v) is 5.45. The van der Waals surface area contributed by atoms with Gasteiger partial charge in [-0.05, 0) is 24.6 Å². The van der Waals surface area contributed by atoms with Crippen LogP contribution in [0.25, 0.3) is 0 Å². The molecule has 4 heteroatoms. The van der Waals surface area contributed by atoms with Crippen molar-refractivity contribution in [3.05, 3.63) is 60.1 Å². The molecule has 2 heterocycles. The zero-order valence-electron chi connectivity index (χ0n) is 12.1. The molecule has 0 bridgehead atoms. The van der Waals surface area contributed by atoms with Crippen LogP contribution in [0.1, 0.15) is 23.0 Å². The minimum Gasteiger partial charge on any atom is -0.459 e. The summed E-state index contributed by atoms with van der Waals surface area (Å²) in [6.07, 6.45) is 2.40. The standard InChI is InChI=1S/C17H19NO3/c1-13-11-18(17(19)16-8-5-9-20-16)12-15(21-13)10-14-6-3-2-4-7-14/h2-9,13,15H,10-12H2,1H3. The molecule has 1 aliphatic rings. The van der Waals surface area contributed by atoms with Crippen LogP contribution in [0.5, 0.6) is 0 Å². The largest absolute Gasteiger partial charge is 0.459 e. The highest BCUT2D eigenvalue weighted by Crippen LogP contribution is 2.18. The summed E-state index contributed by atoms with van der Waals surface area (Å²) >= 11 is 0. The number of nitrogens with zero attached hydrogens (tertiary/aromatic N) is 1. The Kier molecular flexibility index (Phi) is 4.06. The first-order valence-corrected chi connectivity index (χ1v) is 7.24. The van der Waals surface area contributed by atoms with E-state index in [2.05, 4.69) is 12.1 Å². The fourth-order valence-corrected chi connectivity index (χ4v) is 2.76. The number of amides is 1. The lowest BCUT2D eigenvalue weighted by atomic mass is 10.1. The van der Waals surface area contributed by atoms with E-state index >= 15 is 0 Å². The molecule has 0 aliphatic carbocycles. The molecule has 3 rings (SSSR count). The topological polar surface area (TPSA) is 42.7 Å². The summed E-state index contributed by atoms with van der Waals surface area (Å²) < 4.78 is 11.2. The van der Waals surface area contributed by atoms with Gasteiger partial charge in [0, 0.05) is 19.5 Å². The van der Waals surface area contributed by atoms with E-state index in [4.69, 9.17) is 9.15 Å². The van der Waals surface area contributed by atoms with Crippen molar-refractivity contribution in [3.63, 3.8) is 0 Å². The highest BCUT2D eigenvalue weighted by Gasteiger charge is 2.30. The van der Waals surface area contributed by atoms with Crippen LogP contribution < -0.4 is 0 Å². The maximum Gasteiger partial charge on any atom is 0.289 e. The predicted molar refractivity (Wildman–Crippen MR) is 79.1 cm³/mol. The highest BCUT2D eigenvalue weighted by molar-refractivity contribution is 5.91. The Morgan fingerprint density at radius 3 is 2.71 bits per heavy atom. The zero-order valence-corrected chi connectivity index (χ0v) is 12.1. The summed E-state index contributed by atoms with van der Waals surface area (Å²) in [7, 11) is 0. The number of rotatable bonds is 3. The maximum atomic E-state index is 12.4. The van der Waals surface area contributed by atoms with Gasteiger partial charge in [-0.15, -0.1) is 0 Å². The van der Waals surface area contributed by atoms with Crippen LogP contribution in [0.3, 0.4) is 0 Å². The van der Waals surface area contributed by atoms with E-state index in [9.17, 15) is 4.79 Å². The smallest absolute Gasteiger partial charge is 0.289 e. The third kappa shape index (κ3) is 3.34. The molecule has 1 fully saturated rings. The molecule has 2 atom stereocenters. The Labute approximate surface area is 124 Å². The number of benzene rings is 1. The summed E-state index contributed by atoms with van der Waals surface area (Å²) in [5.74, 6) is 0.329. The Hall–Kier alpha value is -2.07. The predicted octanol–water partition coefficient (Wildman–Crippen LogP) is 2.75. The fraction of sp³-hybridized carbons (Fsp3) is 0.353. The van der Waals surface area contributed by atoms with Crippen LogP contribution in [-0.2, 0) is 11.2 Å². The Balaban J connectivity index is 1.68. The summed E-state index contributed by atoms with van der Waals surface area (Å²) in [5, 5.41) is 0. The van der Waals surface area contributed by atoms with Crippen molar-refractivity contribution in [1.29, 1.82) is 0 Å². The van der Waals surface area contributed by atoms with Crippen molar-refractivity contribution in [2.75, 3.05) is 13.1 Å². The third-order valence-corrected chi connectivity index (χ3v) is 3.65. The van der Waals surface area contributed by atoms with E-state index in [1.807, 2.05) is 30.0 Å².